The first kappa shape index (κ1) is 15.2. The standard InChI is InChI=1S/C15H30N2O2/c1-13(2)7-11(8-14(3,4)17-13)16-12-9-18-15(5,6)19-10-12/h11-12,16-17H,7-10H2,1-6H3. The minimum Gasteiger partial charge on any atom is -0.349 e. The van der Waals surface area contributed by atoms with Crippen LogP contribution in [0.2, 0.25) is 0 Å². The van der Waals surface area contributed by atoms with Crippen molar-refractivity contribution in [3.05, 3.63) is 0 Å². The number of piperidine rings is 1. The molecular weight excluding hydrogens is 240 g/mol. The Bertz CT molecular complexity index is 300. The molecule has 0 spiro atoms. The van der Waals surface area contributed by atoms with Crippen LogP contribution >= 0.6 is 0 Å². The van der Waals surface area contributed by atoms with Gasteiger partial charge < -0.3 is 20.1 Å². The Morgan fingerprint density at radius 1 is 0.842 bits per heavy atom. The van der Waals surface area contributed by atoms with Gasteiger partial charge in [-0.15, -0.1) is 0 Å². The van der Waals surface area contributed by atoms with Crippen molar-refractivity contribution in [1.82, 2.24) is 10.6 Å². The van der Waals surface area contributed by atoms with E-state index in [2.05, 4.69) is 38.3 Å². The molecule has 0 amide bonds. The van der Waals surface area contributed by atoms with Gasteiger partial charge in [-0.25, -0.2) is 0 Å². The maximum atomic E-state index is 5.72. The lowest BCUT2D eigenvalue weighted by molar-refractivity contribution is -0.253. The third kappa shape index (κ3) is 4.42. The molecule has 2 N–H and O–H groups in total. The molecular formula is C15H30N2O2. The zero-order valence-electron chi connectivity index (χ0n) is 13.3. The lowest BCUT2D eigenvalue weighted by Crippen LogP contribution is -2.63. The zero-order valence-corrected chi connectivity index (χ0v) is 13.3. The number of nitrogens with one attached hydrogen (secondary N) is 2. The Kier molecular flexibility index (Phi) is 4.00. The first-order valence-electron chi connectivity index (χ1n) is 7.40. The summed E-state index contributed by atoms with van der Waals surface area (Å²) in [6.45, 7) is 14.5. The van der Waals surface area contributed by atoms with Gasteiger partial charge in [0.2, 0.25) is 0 Å². The molecule has 2 heterocycles. The van der Waals surface area contributed by atoms with Gasteiger partial charge in [-0.3, -0.25) is 0 Å². The minimum absolute atomic E-state index is 0.176. The summed E-state index contributed by atoms with van der Waals surface area (Å²) in [5.74, 6) is -0.426. The van der Waals surface area contributed by atoms with E-state index in [1.807, 2.05) is 13.8 Å². The van der Waals surface area contributed by atoms with E-state index in [0.717, 1.165) is 26.1 Å². The summed E-state index contributed by atoms with van der Waals surface area (Å²) in [6, 6.07) is 0.826. The molecule has 0 aliphatic carbocycles. The van der Waals surface area contributed by atoms with E-state index in [9.17, 15) is 0 Å². The fourth-order valence-electron chi connectivity index (χ4n) is 3.56. The van der Waals surface area contributed by atoms with E-state index in [0.29, 0.717) is 12.1 Å². The van der Waals surface area contributed by atoms with Crippen molar-refractivity contribution >= 4 is 0 Å². The maximum absolute atomic E-state index is 5.72. The van der Waals surface area contributed by atoms with Crippen LogP contribution in [0.4, 0.5) is 0 Å². The van der Waals surface area contributed by atoms with Crippen molar-refractivity contribution in [2.75, 3.05) is 13.2 Å². The minimum atomic E-state index is -0.426. The molecule has 2 aliphatic heterocycles. The Balaban J connectivity index is 1.89. The highest BCUT2D eigenvalue weighted by Gasteiger charge is 2.39. The Morgan fingerprint density at radius 2 is 1.32 bits per heavy atom. The average molecular weight is 270 g/mol. The molecule has 112 valence electrons. The van der Waals surface area contributed by atoms with Crippen LogP contribution in [0.15, 0.2) is 0 Å². The molecule has 19 heavy (non-hydrogen) atoms. The van der Waals surface area contributed by atoms with Gasteiger partial charge in [0.05, 0.1) is 19.3 Å². The highest BCUT2D eigenvalue weighted by atomic mass is 16.7. The van der Waals surface area contributed by atoms with E-state index in [1.165, 1.54) is 0 Å². The second kappa shape index (κ2) is 4.99. The molecule has 0 bridgehead atoms. The summed E-state index contributed by atoms with van der Waals surface area (Å²) in [6.07, 6.45) is 2.27. The fraction of sp³-hybridized carbons (Fsp3) is 1.00. The highest BCUT2D eigenvalue weighted by Crippen LogP contribution is 2.29. The molecule has 2 rings (SSSR count). The van der Waals surface area contributed by atoms with Gasteiger partial charge in [0.1, 0.15) is 0 Å². The first-order chi connectivity index (χ1) is 8.57. The normalized spacial score (nSPS) is 31.3. The maximum Gasteiger partial charge on any atom is 0.162 e. The molecule has 2 fully saturated rings. The van der Waals surface area contributed by atoms with Crippen molar-refractivity contribution in [3.8, 4) is 0 Å². The second-order valence-corrected chi connectivity index (χ2v) is 7.88. The van der Waals surface area contributed by atoms with Gasteiger partial charge in [-0.1, -0.05) is 0 Å². The number of hydrogen-bond acceptors (Lipinski definition) is 4. The van der Waals surface area contributed by atoms with Gasteiger partial charge in [0.25, 0.3) is 0 Å². The van der Waals surface area contributed by atoms with Crippen molar-refractivity contribution in [2.45, 2.75) is 83.3 Å². The van der Waals surface area contributed by atoms with Gasteiger partial charge >= 0.3 is 0 Å². The molecule has 0 unspecified atom stereocenters. The predicted molar refractivity (Wildman–Crippen MR) is 77.2 cm³/mol. The number of hydrogen-bond donors (Lipinski definition) is 2. The smallest absolute Gasteiger partial charge is 0.162 e. The van der Waals surface area contributed by atoms with E-state index >= 15 is 0 Å². The Labute approximate surface area is 117 Å². The SMILES string of the molecule is CC1(C)CC(NC2COC(C)(C)OC2)CC(C)(C)N1. The van der Waals surface area contributed by atoms with Crippen LogP contribution in [-0.2, 0) is 9.47 Å². The molecule has 0 aromatic heterocycles. The Morgan fingerprint density at radius 3 is 1.79 bits per heavy atom. The van der Waals surface area contributed by atoms with Gasteiger partial charge in [0, 0.05) is 17.1 Å². The molecule has 0 saturated carbocycles. The van der Waals surface area contributed by atoms with Crippen molar-refractivity contribution in [2.24, 2.45) is 0 Å². The van der Waals surface area contributed by atoms with Crippen molar-refractivity contribution < 1.29 is 9.47 Å². The van der Waals surface area contributed by atoms with Crippen molar-refractivity contribution in [1.29, 1.82) is 0 Å². The van der Waals surface area contributed by atoms with Gasteiger partial charge in [-0.05, 0) is 54.4 Å². The lowest BCUT2D eigenvalue weighted by Gasteiger charge is -2.48. The number of ether oxygens (including phenoxy) is 2. The molecule has 0 aromatic rings. The van der Waals surface area contributed by atoms with E-state index in [1.54, 1.807) is 0 Å². The van der Waals surface area contributed by atoms with Crippen LogP contribution in [-0.4, -0.2) is 42.2 Å². The second-order valence-electron chi connectivity index (χ2n) is 7.88. The van der Waals surface area contributed by atoms with E-state index in [-0.39, 0.29) is 11.1 Å². The average Bonchev–Trinajstić information content (AvgIpc) is 2.16. The highest BCUT2D eigenvalue weighted by molar-refractivity contribution is 5.00. The van der Waals surface area contributed by atoms with Crippen LogP contribution in [0.3, 0.4) is 0 Å². The zero-order chi connectivity index (χ0) is 14.3. The monoisotopic (exact) mass is 270 g/mol. The lowest BCUT2D eigenvalue weighted by atomic mass is 9.79. The van der Waals surface area contributed by atoms with Crippen LogP contribution in [0.25, 0.3) is 0 Å². The molecule has 2 saturated heterocycles. The Hall–Kier alpha value is -0.160. The summed E-state index contributed by atoms with van der Waals surface area (Å²) >= 11 is 0. The topological polar surface area (TPSA) is 42.5 Å². The van der Waals surface area contributed by atoms with Gasteiger partial charge in [0.15, 0.2) is 5.79 Å². The largest absolute Gasteiger partial charge is 0.349 e. The molecule has 2 aliphatic rings. The molecule has 4 heteroatoms. The summed E-state index contributed by atoms with van der Waals surface area (Å²) in [7, 11) is 0. The third-order valence-electron chi connectivity index (χ3n) is 3.93. The van der Waals surface area contributed by atoms with Crippen LogP contribution < -0.4 is 10.6 Å². The molecule has 0 radical (unpaired) electrons. The summed E-state index contributed by atoms with van der Waals surface area (Å²) < 4.78 is 11.4. The van der Waals surface area contributed by atoms with Crippen LogP contribution in [0.5, 0.6) is 0 Å². The first-order valence-corrected chi connectivity index (χ1v) is 7.40. The van der Waals surface area contributed by atoms with E-state index < -0.39 is 5.79 Å². The predicted octanol–water partition coefficient (Wildman–Crippen LogP) is 2.04. The van der Waals surface area contributed by atoms with E-state index in [4.69, 9.17) is 9.47 Å². The molecule has 4 nitrogen and oxygen atoms in total. The van der Waals surface area contributed by atoms with Crippen molar-refractivity contribution in [3.63, 3.8) is 0 Å². The fourth-order valence-corrected chi connectivity index (χ4v) is 3.56. The van der Waals surface area contributed by atoms with Gasteiger partial charge in [-0.2, -0.15) is 0 Å². The third-order valence-corrected chi connectivity index (χ3v) is 3.93. The summed E-state index contributed by atoms with van der Waals surface area (Å²) in [5, 5.41) is 7.43. The molecule has 0 aromatic carbocycles. The summed E-state index contributed by atoms with van der Waals surface area (Å²) in [5.41, 5.74) is 0.351. The number of rotatable bonds is 2. The quantitative estimate of drug-likeness (QED) is 0.806. The van der Waals surface area contributed by atoms with Crippen LogP contribution in [0, 0.1) is 0 Å². The van der Waals surface area contributed by atoms with Crippen LogP contribution in [0.1, 0.15) is 54.4 Å². The molecule has 0 atom stereocenters. The summed E-state index contributed by atoms with van der Waals surface area (Å²) in [4.78, 5) is 0.